The summed E-state index contributed by atoms with van der Waals surface area (Å²) in [6, 6.07) is 61.8. The molecule has 0 atom stereocenters. The molecule has 0 unspecified atom stereocenters. The van der Waals surface area contributed by atoms with Crippen LogP contribution in [0.2, 0.25) is 0 Å². The molecule has 14 aromatic rings. The van der Waals surface area contributed by atoms with Crippen LogP contribution in [-0.4, -0.2) is 16.3 Å². The largest absolute Gasteiger partial charge is 0.310 e. The van der Waals surface area contributed by atoms with Crippen LogP contribution in [0.1, 0.15) is 176 Å². The molecule has 16 rings (SSSR count). The van der Waals surface area contributed by atoms with Gasteiger partial charge >= 0.3 is 0 Å². The van der Waals surface area contributed by atoms with Gasteiger partial charge in [0.15, 0.2) is 0 Å². The first kappa shape index (κ1) is 55.7. The van der Waals surface area contributed by atoms with Gasteiger partial charge in [0, 0.05) is 77.9 Å². The van der Waals surface area contributed by atoms with Crippen molar-refractivity contribution in [1.29, 1.82) is 0 Å². The summed E-state index contributed by atoms with van der Waals surface area (Å²) >= 11 is 0. The highest BCUT2D eigenvalue weighted by Crippen LogP contribution is 2.57. The molecule has 4 heterocycles. The Bertz CT molecular complexity index is 6390. The van der Waals surface area contributed by atoms with Crippen molar-refractivity contribution in [2.45, 2.75) is 157 Å². The maximum absolute atomic E-state index is 10.3. The number of rotatable bonds is 9. The monoisotopic (exact) mass is 1390 g/mol. The second-order valence-electron chi connectivity index (χ2n) is 35.2. The zero-order valence-corrected chi connectivity index (χ0v) is 64.3. The van der Waals surface area contributed by atoms with Gasteiger partial charge in [-0.25, -0.2) is 0 Å². The van der Waals surface area contributed by atoms with Crippen LogP contribution in [0.25, 0.3) is 94.3 Å². The first-order chi connectivity index (χ1) is 55.8. The van der Waals surface area contributed by atoms with E-state index in [4.69, 9.17) is 6.35 Å². The summed E-state index contributed by atoms with van der Waals surface area (Å²) in [4.78, 5) is 10.4. The molecule has 2 aliphatic rings. The van der Waals surface area contributed by atoms with Crippen LogP contribution in [0.3, 0.4) is 0 Å². The van der Waals surface area contributed by atoms with Crippen molar-refractivity contribution in [3.05, 3.63) is 306 Å². The van der Waals surface area contributed by atoms with Gasteiger partial charge in [0.05, 0.1) is 51.6 Å². The fraction of sp³-hybridized carbons (Fsp3) is 0.238. The minimum Gasteiger partial charge on any atom is -0.310 e. The zero-order chi connectivity index (χ0) is 85.6. The van der Waals surface area contributed by atoms with Crippen LogP contribution >= 0.6 is 0 Å². The SMILES string of the molecule is [2H]c1c([2H])c([2H])c(-c2ccc3c(c2)N(c2c(-c4ccccc4)cc(C(C)(C)C)cc2-c2ccccc2)c2cc(-n4c5c([2H])c([2H])c([2H])c([2H])c5c5c([2H])c([2H])c([2H])c([2H])c54)cc4c2B3c2ccc(-c3cc(C(C)(C)C)cc(C(C)(C)C)c3)cc2N4c2c(-c3ccccc3)cc(C(C)(C)C)cc2-c2ccc(C(C)(C)C)nc2C(C)(C)C)c([2H])c1[2H]. The Morgan fingerprint density at radius 3 is 1.12 bits per heavy atom. The fourth-order valence-electron chi connectivity index (χ4n) is 15.7. The second kappa shape index (κ2) is 25.5. The van der Waals surface area contributed by atoms with Crippen molar-refractivity contribution in [3.63, 3.8) is 0 Å². The Hall–Kier alpha value is -10.7. The minimum absolute atomic E-state index is 0.00604. The summed E-state index contributed by atoms with van der Waals surface area (Å²) in [6.45, 7) is 39.2. The standard InChI is InChI=1S/C101H99BN4/c1-96(2,3)71-53-70(54-72(57-71)97(4,5)6)69-48-51-84-88(56-69)106(94-81(67-41-29-22-30-42-67)60-74(99(10,11)12)61-82(94)78-49-52-91(100(13,14)15)103-95(78)101(16,17)18)90-63-75(104-85-45-33-31-43-76(85)77-44-32-34-46-86(77)104)62-89-92(90)102(84)83-50-47-68(64-35-23-19-24-36-64)55-87(83)105(89)93-79(65-37-25-20-26-38-65)58-73(98(7,8)9)59-80(93)66-39-27-21-28-40-66/h19-63H,1-18H3/i19D,23D,24D,31D,32D,33D,34D,35D,36D,43D,44D,45D,46D. The van der Waals surface area contributed by atoms with Crippen molar-refractivity contribution < 1.29 is 17.8 Å². The normalized spacial score (nSPS) is 15.0. The van der Waals surface area contributed by atoms with Gasteiger partial charge in [-0.2, -0.15) is 0 Å². The fourth-order valence-corrected chi connectivity index (χ4v) is 15.7. The van der Waals surface area contributed by atoms with Crippen molar-refractivity contribution in [1.82, 2.24) is 9.55 Å². The number of anilines is 6. The van der Waals surface area contributed by atoms with E-state index in [0.29, 0.717) is 28.3 Å². The van der Waals surface area contributed by atoms with Gasteiger partial charge in [-0.3, -0.25) is 4.98 Å². The zero-order valence-electron chi connectivity index (χ0n) is 77.3. The van der Waals surface area contributed by atoms with Gasteiger partial charge in [0.1, 0.15) is 0 Å². The summed E-state index contributed by atoms with van der Waals surface area (Å²) in [5, 5.41) is -0.177. The van der Waals surface area contributed by atoms with Crippen LogP contribution in [0, 0.1) is 0 Å². The molecular weight excluding hydrogens is 1280 g/mol. The van der Waals surface area contributed by atoms with E-state index in [9.17, 15) is 16.4 Å². The van der Waals surface area contributed by atoms with Crippen LogP contribution in [0.5, 0.6) is 0 Å². The first-order valence-corrected chi connectivity index (χ1v) is 37.1. The topological polar surface area (TPSA) is 24.3 Å². The second-order valence-corrected chi connectivity index (χ2v) is 35.2. The molecule has 0 bridgehead atoms. The van der Waals surface area contributed by atoms with Crippen molar-refractivity contribution in [2.24, 2.45) is 0 Å². The molecule has 0 aliphatic carbocycles. The molecule has 106 heavy (non-hydrogen) atoms. The number of hydrogen-bond acceptors (Lipinski definition) is 3. The van der Waals surface area contributed by atoms with Crippen molar-refractivity contribution >= 4 is 79.0 Å². The highest BCUT2D eigenvalue weighted by atomic mass is 15.2. The lowest BCUT2D eigenvalue weighted by molar-refractivity contribution is 0.532. The number of aromatic nitrogens is 2. The Balaban J connectivity index is 1.22. The highest BCUT2D eigenvalue weighted by molar-refractivity contribution is 7.00. The summed E-state index contributed by atoms with van der Waals surface area (Å²) in [5.74, 6) is 0. The third-order valence-corrected chi connectivity index (χ3v) is 21.5. The molecule has 5 heteroatoms. The molecule has 2 aliphatic heterocycles. The predicted molar refractivity (Wildman–Crippen MR) is 457 cm³/mol. The molecule has 4 nitrogen and oxygen atoms in total. The summed E-state index contributed by atoms with van der Waals surface area (Å²) in [7, 11) is 0. The summed E-state index contributed by atoms with van der Waals surface area (Å²) < 4.78 is 127. The quantitative estimate of drug-likeness (QED) is 0.135. The molecule has 12 aromatic carbocycles. The molecule has 0 fully saturated rings. The summed E-state index contributed by atoms with van der Waals surface area (Å²) in [5.41, 5.74) is 19.4. The summed E-state index contributed by atoms with van der Waals surface area (Å²) in [6.07, 6.45) is 0. The Morgan fingerprint density at radius 1 is 0.302 bits per heavy atom. The third-order valence-electron chi connectivity index (χ3n) is 21.5. The van der Waals surface area contributed by atoms with Gasteiger partial charge in [-0.1, -0.05) is 331 Å². The lowest BCUT2D eigenvalue weighted by Crippen LogP contribution is -2.61. The molecule has 0 N–H and O–H groups in total. The molecule has 0 saturated heterocycles. The van der Waals surface area contributed by atoms with Crippen LogP contribution in [-0.2, 0) is 32.5 Å². The Kier molecular flexibility index (Phi) is 13.4. The van der Waals surface area contributed by atoms with E-state index >= 15 is 0 Å². The van der Waals surface area contributed by atoms with Crippen molar-refractivity contribution in [2.75, 3.05) is 9.80 Å². The molecule has 0 radical (unpaired) electrons. The molecule has 526 valence electrons. The average molecular weight is 1390 g/mol. The number of para-hydroxylation sites is 2. The van der Waals surface area contributed by atoms with E-state index < -0.39 is 89.4 Å². The third kappa shape index (κ3) is 12.3. The van der Waals surface area contributed by atoms with E-state index in [1.807, 2.05) is 60.7 Å². The molecule has 0 amide bonds. The van der Waals surface area contributed by atoms with Gasteiger partial charge < -0.3 is 14.4 Å². The maximum atomic E-state index is 10.3. The van der Waals surface area contributed by atoms with E-state index in [0.717, 1.165) is 117 Å². The molecule has 2 aromatic heterocycles. The first-order valence-electron chi connectivity index (χ1n) is 43.6. The highest BCUT2D eigenvalue weighted by Gasteiger charge is 2.47. The van der Waals surface area contributed by atoms with Crippen LogP contribution in [0.15, 0.2) is 273 Å². The molecular formula is C101H99BN4. The van der Waals surface area contributed by atoms with Gasteiger partial charge in [0.2, 0.25) is 0 Å². The van der Waals surface area contributed by atoms with E-state index in [2.05, 4.69) is 268 Å². The lowest BCUT2D eigenvalue weighted by Gasteiger charge is -2.46. The number of pyridine rings is 1. The minimum atomic E-state index is -0.738. The maximum Gasteiger partial charge on any atom is 0.252 e. The lowest BCUT2D eigenvalue weighted by atomic mass is 9.33. The van der Waals surface area contributed by atoms with E-state index in [1.54, 1.807) is 4.57 Å². The van der Waals surface area contributed by atoms with Crippen LogP contribution in [0.4, 0.5) is 34.1 Å². The van der Waals surface area contributed by atoms with Gasteiger partial charge in [0.25, 0.3) is 6.71 Å². The van der Waals surface area contributed by atoms with Crippen LogP contribution < -0.4 is 26.2 Å². The number of fused-ring (bicyclic) bond motifs is 7. The number of nitrogens with zero attached hydrogens (tertiary/aromatic N) is 4. The Labute approximate surface area is 648 Å². The van der Waals surface area contributed by atoms with E-state index in [1.165, 1.54) is 0 Å². The predicted octanol–water partition coefficient (Wildman–Crippen LogP) is 26.0. The number of hydrogen-bond donors (Lipinski definition) is 0. The average Bonchev–Trinajstić information content (AvgIpc) is 1.62. The van der Waals surface area contributed by atoms with Crippen molar-refractivity contribution in [3.8, 4) is 72.4 Å². The molecule has 0 spiro atoms. The van der Waals surface area contributed by atoms with Gasteiger partial charge in [-0.05, 0) is 166 Å². The number of benzene rings is 12. The smallest absolute Gasteiger partial charge is 0.252 e. The Morgan fingerprint density at radius 2 is 0.698 bits per heavy atom. The van der Waals surface area contributed by atoms with Gasteiger partial charge in [-0.15, -0.1) is 0 Å². The van der Waals surface area contributed by atoms with E-state index in [-0.39, 0.29) is 61.4 Å². The molecule has 0 saturated carbocycles.